The van der Waals surface area contributed by atoms with Crippen molar-refractivity contribution in [1.82, 2.24) is 5.32 Å². The van der Waals surface area contributed by atoms with Crippen molar-refractivity contribution in [3.63, 3.8) is 0 Å². The maximum absolute atomic E-state index is 12.2. The van der Waals surface area contributed by atoms with Crippen LogP contribution in [0.1, 0.15) is 39.0 Å². The molecule has 1 atom stereocenters. The Kier molecular flexibility index (Phi) is 5.80. The van der Waals surface area contributed by atoms with Gasteiger partial charge in [-0.3, -0.25) is 4.79 Å². The fraction of sp³-hybridized carbons (Fsp3) is 0.923. The Bertz CT molecular complexity index is 401. The van der Waals surface area contributed by atoms with Gasteiger partial charge in [0.15, 0.2) is 9.84 Å². The van der Waals surface area contributed by atoms with Crippen molar-refractivity contribution in [1.29, 1.82) is 0 Å². The summed E-state index contributed by atoms with van der Waals surface area (Å²) in [5, 5.41) is 3.05. The van der Waals surface area contributed by atoms with Gasteiger partial charge in [-0.1, -0.05) is 13.3 Å². The van der Waals surface area contributed by atoms with Crippen LogP contribution in [0, 0.1) is 5.41 Å². The predicted octanol–water partition coefficient (Wildman–Crippen LogP) is 1.13. The normalized spacial score (nSPS) is 18.9. The van der Waals surface area contributed by atoms with E-state index in [0.29, 0.717) is 0 Å². The van der Waals surface area contributed by atoms with Gasteiger partial charge in [0, 0.05) is 6.04 Å². The summed E-state index contributed by atoms with van der Waals surface area (Å²) in [6.45, 7) is 2.04. The summed E-state index contributed by atoms with van der Waals surface area (Å²) in [5.74, 6) is -0.0523. The first-order chi connectivity index (χ1) is 8.86. The summed E-state index contributed by atoms with van der Waals surface area (Å²) in [6, 6.07) is 0.00364. The molecule has 1 aliphatic rings. The molecule has 0 amide bonds. The van der Waals surface area contributed by atoms with Crippen LogP contribution in [0.2, 0.25) is 0 Å². The van der Waals surface area contributed by atoms with Crippen molar-refractivity contribution in [2.45, 2.75) is 45.1 Å². The molecule has 0 aromatic rings. The zero-order chi connectivity index (χ0) is 14.5. The number of nitrogens with one attached hydrogen (secondary N) is 1. The predicted molar refractivity (Wildman–Crippen MR) is 74.7 cm³/mol. The Hall–Kier alpha value is -0.620. The molecule has 6 heteroatoms. The van der Waals surface area contributed by atoms with Crippen LogP contribution in [0.4, 0.5) is 0 Å². The van der Waals surface area contributed by atoms with Gasteiger partial charge in [0.05, 0.1) is 25.0 Å². The minimum absolute atomic E-state index is 0.00364. The minimum Gasteiger partial charge on any atom is -0.469 e. The first-order valence-corrected chi connectivity index (χ1v) is 8.63. The Labute approximate surface area is 116 Å². The van der Waals surface area contributed by atoms with Gasteiger partial charge in [0.25, 0.3) is 0 Å². The Morgan fingerprint density at radius 1 is 1.42 bits per heavy atom. The molecule has 0 spiro atoms. The molecular weight excluding hydrogens is 266 g/mol. The number of hydrogen-bond donors (Lipinski definition) is 1. The van der Waals surface area contributed by atoms with Crippen molar-refractivity contribution in [3.05, 3.63) is 0 Å². The fourth-order valence-corrected chi connectivity index (χ4v) is 4.81. The molecule has 19 heavy (non-hydrogen) atoms. The number of rotatable bonds is 9. The van der Waals surface area contributed by atoms with Crippen LogP contribution in [-0.2, 0) is 19.4 Å². The molecule has 0 aliphatic heterocycles. The van der Waals surface area contributed by atoms with Crippen molar-refractivity contribution in [2.75, 3.05) is 25.7 Å². The molecule has 0 aromatic heterocycles. The van der Waals surface area contributed by atoms with E-state index < -0.39 is 9.84 Å². The van der Waals surface area contributed by atoms with E-state index in [9.17, 15) is 13.2 Å². The van der Waals surface area contributed by atoms with Crippen molar-refractivity contribution in [2.24, 2.45) is 5.41 Å². The van der Waals surface area contributed by atoms with E-state index in [1.54, 1.807) is 7.05 Å². The van der Waals surface area contributed by atoms with Gasteiger partial charge in [-0.15, -0.1) is 0 Å². The fourth-order valence-electron chi connectivity index (χ4n) is 2.42. The number of esters is 1. The molecule has 0 heterocycles. The van der Waals surface area contributed by atoms with Gasteiger partial charge >= 0.3 is 5.97 Å². The zero-order valence-electron chi connectivity index (χ0n) is 12.1. The first kappa shape index (κ1) is 16.4. The SMILES string of the molecule is CCCC(CS(=O)(=O)CC1(CC(=O)OC)CC1)NC. The standard InChI is InChI=1S/C13H25NO4S/c1-4-5-11(14-2)9-19(16,17)10-13(6-7-13)8-12(15)18-3/h11,14H,4-10H2,1-3H3. The average Bonchev–Trinajstić information content (AvgIpc) is 3.06. The molecule has 1 unspecified atom stereocenters. The highest BCUT2D eigenvalue weighted by molar-refractivity contribution is 7.91. The number of carbonyl (C=O) groups is 1. The Morgan fingerprint density at radius 2 is 2.05 bits per heavy atom. The van der Waals surface area contributed by atoms with E-state index in [0.717, 1.165) is 25.7 Å². The highest BCUT2D eigenvalue weighted by Gasteiger charge is 2.48. The maximum atomic E-state index is 12.2. The van der Waals surface area contributed by atoms with Gasteiger partial charge in [-0.05, 0) is 31.7 Å². The monoisotopic (exact) mass is 291 g/mol. The number of methoxy groups -OCH3 is 1. The molecule has 112 valence electrons. The van der Waals surface area contributed by atoms with Crippen LogP contribution in [0.3, 0.4) is 0 Å². The summed E-state index contributed by atoms with van der Waals surface area (Å²) >= 11 is 0. The largest absolute Gasteiger partial charge is 0.469 e. The lowest BCUT2D eigenvalue weighted by Crippen LogP contribution is -2.35. The number of ether oxygens (including phenoxy) is 1. The number of hydrogen-bond acceptors (Lipinski definition) is 5. The molecule has 1 saturated carbocycles. The van der Waals surface area contributed by atoms with Crippen LogP contribution < -0.4 is 5.32 Å². The van der Waals surface area contributed by atoms with E-state index in [1.807, 2.05) is 6.92 Å². The highest BCUT2D eigenvalue weighted by Crippen LogP contribution is 2.50. The van der Waals surface area contributed by atoms with Gasteiger partial charge in [-0.2, -0.15) is 0 Å². The molecule has 0 aromatic carbocycles. The lowest BCUT2D eigenvalue weighted by atomic mass is 10.1. The van der Waals surface area contributed by atoms with Crippen molar-refractivity contribution < 1.29 is 17.9 Å². The smallest absolute Gasteiger partial charge is 0.306 e. The Morgan fingerprint density at radius 3 is 2.47 bits per heavy atom. The van der Waals surface area contributed by atoms with Gasteiger partial charge in [-0.25, -0.2) is 8.42 Å². The van der Waals surface area contributed by atoms with E-state index in [2.05, 4.69) is 10.1 Å². The van der Waals surface area contributed by atoms with Gasteiger partial charge < -0.3 is 10.1 Å². The van der Waals surface area contributed by atoms with Crippen LogP contribution in [0.15, 0.2) is 0 Å². The van der Waals surface area contributed by atoms with Crippen LogP contribution >= 0.6 is 0 Å². The minimum atomic E-state index is -3.13. The Balaban J connectivity index is 2.57. The summed E-state index contributed by atoms with van der Waals surface area (Å²) in [6.07, 6.45) is 3.63. The highest BCUT2D eigenvalue weighted by atomic mass is 32.2. The number of carbonyl (C=O) groups excluding carboxylic acids is 1. The van der Waals surface area contributed by atoms with E-state index in [1.165, 1.54) is 7.11 Å². The van der Waals surface area contributed by atoms with Crippen LogP contribution in [0.25, 0.3) is 0 Å². The summed E-state index contributed by atoms with van der Waals surface area (Å²) in [7, 11) is -0.00704. The summed E-state index contributed by atoms with van der Waals surface area (Å²) in [5.41, 5.74) is -0.351. The van der Waals surface area contributed by atoms with Gasteiger partial charge in [0.2, 0.25) is 0 Å². The molecule has 0 radical (unpaired) electrons. The molecule has 0 saturated heterocycles. The molecule has 1 aliphatic carbocycles. The lowest BCUT2D eigenvalue weighted by molar-refractivity contribution is -0.141. The first-order valence-electron chi connectivity index (χ1n) is 6.81. The number of sulfone groups is 1. The molecular formula is C13H25NO4S. The average molecular weight is 291 g/mol. The zero-order valence-corrected chi connectivity index (χ0v) is 12.9. The topological polar surface area (TPSA) is 72.5 Å². The van der Waals surface area contributed by atoms with Crippen LogP contribution in [-0.4, -0.2) is 46.1 Å². The summed E-state index contributed by atoms with van der Waals surface area (Å²) in [4.78, 5) is 11.3. The lowest BCUT2D eigenvalue weighted by Gasteiger charge is -2.18. The second kappa shape index (κ2) is 6.70. The third-order valence-electron chi connectivity index (χ3n) is 3.73. The van der Waals surface area contributed by atoms with Crippen molar-refractivity contribution in [3.8, 4) is 0 Å². The van der Waals surface area contributed by atoms with Gasteiger partial charge in [0.1, 0.15) is 0 Å². The van der Waals surface area contributed by atoms with Crippen molar-refractivity contribution >= 4 is 15.8 Å². The third-order valence-corrected chi connectivity index (χ3v) is 5.69. The third kappa shape index (κ3) is 5.48. The molecule has 0 bridgehead atoms. The van der Waals surface area contributed by atoms with E-state index >= 15 is 0 Å². The van der Waals surface area contributed by atoms with E-state index in [4.69, 9.17) is 0 Å². The second-order valence-electron chi connectivity index (χ2n) is 5.58. The quantitative estimate of drug-likeness (QED) is 0.645. The molecule has 1 fully saturated rings. The van der Waals surface area contributed by atoms with Crippen LogP contribution in [0.5, 0.6) is 0 Å². The molecule has 5 nitrogen and oxygen atoms in total. The maximum Gasteiger partial charge on any atom is 0.306 e. The summed E-state index contributed by atoms with van der Waals surface area (Å²) < 4.78 is 29.1. The van der Waals surface area contributed by atoms with E-state index in [-0.39, 0.29) is 35.4 Å². The second-order valence-corrected chi connectivity index (χ2v) is 7.69. The molecule has 1 N–H and O–H groups in total. The molecule has 1 rings (SSSR count).